The average Bonchev–Trinajstić information content (AvgIpc) is 2.44. The normalized spacial score (nSPS) is 11.0. The number of carboxylic acid groups (broad SMARTS) is 1. The Balaban J connectivity index is 2.79. The topological polar surface area (TPSA) is 81.3 Å². The molecule has 0 spiro atoms. The number of halogens is 2. The van der Waals surface area contributed by atoms with E-state index in [-0.39, 0.29) is 10.6 Å². The van der Waals surface area contributed by atoms with Gasteiger partial charge in [0.25, 0.3) is 5.56 Å². The van der Waals surface area contributed by atoms with Crippen molar-refractivity contribution in [1.82, 2.24) is 9.13 Å². The quantitative estimate of drug-likeness (QED) is 0.912. The molecular formula is C15H14Cl2N2O4. The Morgan fingerprint density at radius 1 is 1.22 bits per heavy atom. The fourth-order valence-electron chi connectivity index (χ4n) is 2.20. The molecule has 0 saturated carbocycles. The van der Waals surface area contributed by atoms with Crippen LogP contribution < -0.4 is 11.2 Å². The van der Waals surface area contributed by atoms with Crippen molar-refractivity contribution in [2.75, 3.05) is 0 Å². The van der Waals surface area contributed by atoms with E-state index in [1.807, 2.05) is 0 Å². The summed E-state index contributed by atoms with van der Waals surface area (Å²) in [5.41, 5.74) is -0.544. The Morgan fingerprint density at radius 2 is 1.87 bits per heavy atom. The number of rotatable bonds is 4. The van der Waals surface area contributed by atoms with E-state index >= 15 is 0 Å². The van der Waals surface area contributed by atoms with Crippen LogP contribution in [-0.2, 0) is 11.3 Å². The van der Waals surface area contributed by atoms with E-state index in [2.05, 4.69) is 0 Å². The van der Waals surface area contributed by atoms with Crippen LogP contribution in [0.2, 0.25) is 10.0 Å². The predicted molar refractivity (Wildman–Crippen MR) is 88.4 cm³/mol. The number of nitrogens with zero attached hydrogens (tertiary/aromatic N) is 2. The molecule has 0 saturated heterocycles. The van der Waals surface area contributed by atoms with Gasteiger partial charge < -0.3 is 5.11 Å². The third kappa shape index (κ3) is 3.48. The molecule has 122 valence electrons. The van der Waals surface area contributed by atoms with Gasteiger partial charge in [-0.15, -0.1) is 0 Å². The summed E-state index contributed by atoms with van der Waals surface area (Å²) in [6, 6.07) is 4.20. The summed E-state index contributed by atoms with van der Waals surface area (Å²) in [4.78, 5) is 35.8. The van der Waals surface area contributed by atoms with Gasteiger partial charge in [-0.3, -0.25) is 18.7 Å². The van der Waals surface area contributed by atoms with Crippen LogP contribution in [0, 0.1) is 0 Å². The number of aromatic nitrogens is 2. The van der Waals surface area contributed by atoms with E-state index in [0.717, 1.165) is 9.13 Å². The average molecular weight is 357 g/mol. The van der Waals surface area contributed by atoms with E-state index in [1.165, 1.54) is 18.3 Å². The summed E-state index contributed by atoms with van der Waals surface area (Å²) in [6.45, 7) is 2.80. The lowest BCUT2D eigenvalue weighted by atomic mass is 10.1. The largest absolute Gasteiger partial charge is 0.480 e. The first kappa shape index (κ1) is 17.3. The Morgan fingerprint density at radius 3 is 2.39 bits per heavy atom. The van der Waals surface area contributed by atoms with Crippen LogP contribution in [0.15, 0.2) is 34.0 Å². The first-order chi connectivity index (χ1) is 10.7. The second kappa shape index (κ2) is 6.60. The summed E-state index contributed by atoms with van der Waals surface area (Å²) in [6.07, 6.45) is 1.23. The summed E-state index contributed by atoms with van der Waals surface area (Å²) < 4.78 is 2.00. The maximum Gasteiger partial charge on any atom is 0.331 e. The number of carboxylic acids is 1. The van der Waals surface area contributed by atoms with Crippen molar-refractivity contribution in [1.29, 1.82) is 0 Å². The van der Waals surface area contributed by atoms with Crippen molar-refractivity contribution in [3.8, 4) is 11.1 Å². The summed E-state index contributed by atoms with van der Waals surface area (Å²) in [5.74, 6) is -1.18. The molecule has 2 aromatic rings. The molecule has 0 aliphatic heterocycles. The number of benzene rings is 1. The molecule has 0 bridgehead atoms. The maximum absolute atomic E-state index is 12.6. The minimum Gasteiger partial charge on any atom is -0.480 e. The van der Waals surface area contributed by atoms with Crippen LogP contribution in [0.5, 0.6) is 0 Å². The molecule has 1 N–H and O–H groups in total. The van der Waals surface area contributed by atoms with Crippen molar-refractivity contribution >= 4 is 29.2 Å². The highest BCUT2D eigenvalue weighted by atomic mass is 35.5. The SMILES string of the molecule is CC(C)n1c(=O)c(-c2ccc(Cl)c(Cl)c2)cn(CC(=O)O)c1=O. The highest BCUT2D eigenvalue weighted by molar-refractivity contribution is 6.42. The standard InChI is InChI=1S/C15H14Cl2N2O4/c1-8(2)19-14(22)10(6-18(15(19)23)7-13(20)21)9-3-4-11(16)12(17)5-9/h3-6,8H,7H2,1-2H3,(H,20,21). The molecule has 2 rings (SSSR count). The fraction of sp³-hybridized carbons (Fsp3) is 0.267. The van der Waals surface area contributed by atoms with Crippen LogP contribution in [0.25, 0.3) is 11.1 Å². The molecule has 0 amide bonds. The summed E-state index contributed by atoms with van der Waals surface area (Å²) in [5, 5.41) is 9.54. The zero-order chi connectivity index (χ0) is 17.3. The molecule has 0 atom stereocenters. The molecule has 0 aliphatic rings. The van der Waals surface area contributed by atoms with Gasteiger partial charge in [0.2, 0.25) is 0 Å². The predicted octanol–water partition coefficient (Wildman–Crippen LogP) is 2.65. The Kier molecular flexibility index (Phi) is 4.97. The van der Waals surface area contributed by atoms with E-state index in [4.69, 9.17) is 28.3 Å². The Hall–Kier alpha value is -2.05. The molecule has 23 heavy (non-hydrogen) atoms. The first-order valence-electron chi connectivity index (χ1n) is 6.75. The van der Waals surface area contributed by atoms with Gasteiger partial charge in [0.15, 0.2) is 0 Å². The van der Waals surface area contributed by atoms with Crippen LogP contribution in [0.1, 0.15) is 19.9 Å². The van der Waals surface area contributed by atoms with Gasteiger partial charge in [-0.05, 0) is 31.5 Å². The van der Waals surface area contributed by atoms with Crippen molar-refractivity contribution in [3.05, 3.63) is 55.3 Å². The molecule has 8 heteroatoms. The molecule has 0 aliphatic carbocycles. The van der Waals surface area contributed by atoms with Crippen LogP contribution in [0.3, 0.4) is 0 Å². The minimum atomic E-state index is -1.18. The monoisotopic (exact) mass is 356 g/mol. The summed E-state index contributed by atoms with van der Waals surface area (Å²) in [7, 11) is 0. The highest BCUT2D eigenvalue weighted by Gasteiger charge is 2.17. The van der Waals surface area contributed by atoms with Gasteiger partial charge in [0.1, 0.15) is 6.54 Å². The van der Waals surface area contributed by atoms with Crippen molar-refractivity contribution in [3.63, 3.8) is 0 Å². The highest BCUT2D eigenvalue weighted by Crippen LogP contribution is 2.26. The fourth-order valence-corrected chi connectivity index (χ4v) is 2.50. The molecule has 0 fully saturated rings. The molecular weight excluding hydrogens is 343 g/mol. The van der Waals surface area contributed by atoms with Crippen LogP contribution in [-0.4, -0.2) is 20.2 Å². The lowest BCUT2D eigenvalue weighted by molar-refractivity contribution is -0.137. The van der Waals surface area contributed by atoms with E-state index in [9.17, 15) is 14.4 Å². The summed E-state index contributed by atoms with van der Waals surface area (Å²) >= 11 is 11.8. The van der Waals surface area contributed by atoms with E-state index in [1.54, 1.807) is 19.9 Å². The van der Waals surface area contributed by atoms with Crippen molar-refractivity contribution in [2.45, 2.75) is 26.4 Å². The molecule has 0 unspecified atom stereocenters. The van der Waals surface area contributed by atoms with Crippen molar-refractivity contribution < 1.29 is 9.90 Å². The zero-order valence-electron chi connectivity index (χ0n) is 12.4. The van der Waals surface area contributed by atoms with Gasteiger partial charge >= 0.3 is 11.7 Å². The van der Waals surface area contributed by atoms with Gasteiger partial charge in [-0.2, -0.15) is 0 Å². The molecule has 0 radical (unpaired) electrons. The smallest absolute Gasteiger partial charge is 0.331 e. The Labute approximate surface area is 141 Å². The van der Waals surface area contributed by atoms with E-state index in [0.29, 0.717) is 10.6 Å². The van der Waals surface area contributed by atoms with Gasteiger partial charge in [-0.25, -0.2) is 4.79 Å². The van der Waals surface area contributed by atoms with Crippen LogP contribution in [0.4, 0.5) is 0 Å². The molecule has 1 aromatic heterocycles. The third-order valence-corrected chi connectivity index (χ3v) is 3.98. The van der Waals surface area contributed by atoms with Gasteiger partial charge in [-0.1, -0.05) is 29.3 Å². The van der Waals surface area contributed by atoms with Crippen molar-refractivity contribution in [2.24, 2.45) is 0 Å². The second-order valence-electron chi connectivity index (χ2n) is 5.24. The first-order valence-corrected chi connectivity index (χ1v) is 7.51. The number of hydrogen-bond donors (Lipinski definition) is 1. The minimum absolute atomic E-state index is 0.179. The van der Waals surface area contributed by atoms with Gasteiger partial charge in [0, 0.05) is 12.2 Å². The third-order valence-electron chi connectivity index (χ3n) is 3.24. The van der Waals surface area contributed by atoms with Crippen LogP contribution >= 0.6 is 23.2 Å². The lowest BCUT2D eigenvalue weighted by Gasteiger charge is -2.14. The van der Waals surface area contributed by atoms with E-state index < -0.39 is 29.8 Å². The molecule has 6 nitrogen and oxygen atoms in total. The number of hydrogen-bond acceptors (Lipinski definition) is 3. The number of carbonyl (C=O) groups is 1. The Bertz CT molecular complexity index is 884. The van der Waals surface area contributed by atoms with Gasteiger partial charge in [0.05, 0.1) is 15.6 Å². The molecule has 1 aromatic carbocycles. The number of aliphatic carboxylic acids is 1. The maximum atomic E-state index is 12.6. The molecule has 1 heterocycles. The lowest BCUT2D eigenvalue weighted by Crippen LogP contribution is -2.42. The second-order valence-corrected chi connectivity index (χ2v) is 6.06. The zero-order valence-corrected chi connectivity index (χ0v) is 13.9.